The molecule has 1 aliphatic carbocycles. The van der Waals surface area contributed by atoms with Crippen molar-refractivity contribution >= 4 is 11.8 Å². The first-order chi connectivity index (χ1) is 14.1. The number of carbonyl (C=O) groups is 2. The van der Waals surface area contributed by atoms with E-state index in [9.17, 15) is 14.7 Å². The van der Waals surface area contributed by atoms with Gasteiger partial charge in [-0.05, 0) is 18.9 Å². The van der Waals surface area contributed by atoms with Crippen molar-refractivity contribution in [2.45, 2.75) is 50.9 Å². The summed E-state index contributed by atoms with van der Waals surface area (Å²) in [5, 5.41) is 17.0. The molecular formula is C21H26N4O4. The van der Waals surface area contributed by atoms with Crippen LogP contribution in [0.2, 0.25) is 0 Å². The van der Waals surface area contributed by atoms with E-state index in [-0.39, 0.29) is 36.6 Å². The normalized spacial score (nSPS) is 19.4. The number of amides is 2. The van der Waals surface area contributed by atoms with Gasteiger partial charge in [-0.15, -0.1) is 0 Å². The molecule has 2 N–H and O–H groups in total. The molecule has 1 atom stereocenters. The number of ether oxygens (including phenoxy) is 1. The SMILES string of the molecule is COc1ccccc1CN(C(=O)c1cc2n(n1)C[C@H](O)CNC2=O)C1CCCC1. The van der Waals surface area contributed by atoms with E-state index in [4.69, 9.17) is 4.74 Å². The summed E-state index contributed by atoms with van der Waals surface area (Å²) >= 11 is 0. The molecule has 29 heavy (non-hydrogen) atoms. The summed E-state index contributed by atoms with van der Waals surface area (Å²) in [5.41, 5.74) is 1.46. The van der Waals surface area contributed by atoms with Crippen LogP contribution in [0.5, 0.6) is 5.75 Å². The van der Waals surface area contributed by atoms with Gasteiger partial charge in [-0.1, -0.05) is 31.0 Å². The molecule has 0 spiro atoms. The van der Waals surface area contributed by atoms with E-state index in [2.05, 4.69) is 10.4 Å². The van der Waals surface area contributed by atoms with E-state index >= 15 is 0 Å². The van der Waals surface area contributed by atoms with Gasteiger partial charge < -0.3 is 20.1 Å². The van der Waals surface area contributed by atoms with Gasteiger partial charge in [0.25, 0.3) is 11.8 Å². The molecule has 0 saturated heterocycles. The van der Waals surface area contributed by atoms with Gasteiger partial charge in [0, 0.05) is 30.8 Å². The van der Waals surface area contributed by atoms with Crippen LogP contribution >= 0.6 is 0 Å². The Hall–Kier alpha value is -2.87. The van der Waals surface area contributed by atoms with Crippen molar-refractivity contribution in [3.05, 3.63) is 47.3 Å². The molecule has 154 valence electrons. The fourth-order valence-electron chi connectivity index (χ4n) is 4.16. The van der Waals surface area contributed by atoms with Gasteiger partial charge in [-0.2, -0.15) is 5.10 Å². The molecule has 8 nitrogen and oxygen atoms in total. The molecule has 2 heterocycles. The van der Waals surface area contributed by atoms with E-state index in [1.54, 1.807) is 7.11 Å². The number of para-hydroxylation sites is 1. The van der Waals surface area contributed by atoms with Gasteiger partial charge in [-0.25, -0.2) is 0 Å². The molecule has 2 aromatic rings. The third-order valence-electron chi connectivity index (χ3n) is 5.67. The first-order valence-corrected chi connectivity index (χ1v) is 10.0. The summed E-state index contributed by atoms with van der Waals surface area (Å²) in [6.07, 6.45) is 3.35. The van der Waals surface area contributed by atoms with Gasteiger partial charge >= 0.3 is 0 Å². The highest BCUT2D eigenvalue weighted by Crippen LogP contribution is 2.29. The third-order valence-corrected chi connectivity index (χ3v) is 5.67. The van der Waals surface area contributed by atoms with Crippen LogP contribution in [-0.4, -0.2) is 57.4 Å². The van der Waals surface area contributed by atoms with Crippen LogP contribution in [0.15, 0.2) is 30.3 Å². The number of nitrogens with one attached hydrogen (secondary N) is 1. The molecule has 0 unspecified atom stereocenters. The number of methoxy groups -OCH3 is 1. The van der Waals surface area contributed by atoms with Crippen molar-refractivity contribution in [2.75, 3.05) is 13.7 Å². The zero-order valence-corrected chi connectivity index (χ0v) is 16.5. The zero-order chi connectivity index (χ0) is 20.4. The van der Waals surface area contributed by atoms with Gasteiger partial charge in [0.15, 0.2) is 5.69 Å². The first kappa shape index (κ1) is 19.4. The number of hydrogen-bond donors (Lipinski definition) is 2. The minimum absolute atomic E-state index is 0.133. The molecule has 0 bridgehead atoms. The zero-order valence-electron chi connectivity index (χ0n) is 16.5. The molecule has 2 amide bonds. The fourth-order valence-corrected chi connectivity index (χ4v) is 4.16. The Labute approximate surface area is 169 Å². The van der Waals surface area contributed by atoms with Gasteiger partial charge in [0.2, 0.25) is 0 Å². The molecule has 1 saturated carbocycles. The number of aromatic nitrogens is 2. The molecule has 1 aromatic heterocycles. The number of hydrogen-bond acceptors (Lipinski definition) is 5. The Morgan fingerprint density at radius 2 is 2.10 bits per heavy atom. The summed E-state index contributed by atoms with van der Waals surface area (Å²) < 4.78 is 6.89. The highest BCUT2D eigenvalue weighted by Gasteiger charge is 2.31. The smallest absolute Gasteiger partial charge is 0.274 e. The van der Waals surface area contributed by atoms with Gasteiger partial charge in [0.1, 0.15) is 11.4 Å². The van der Waals surface area contributed by atoms with Crippen LogP contribution in [0.4, 0.5) is 0 Å². The number of rotatable bonds is 5. The van der Waals surface area contributed by atoms with Crippen molar-refractivity contribution in [3.8, 4) is 5.75 Å². The molecule has 0 radical (unpaired) electrons. The monoisotopic (exact) mass is 398 g/mol. The van der Waals surface area contributed by atoms with Gasteiger partial charge in [-0.3, -0.25) is 14.3 Å². The van der Waals surface area contributed by atoms with Crippen molar-refractivity contribution in [1.82, 2.24) is 20.0 Å². The van der Waals surface area contributed by atoms with Crippen molar-refractivity contribution < 1.29 is 19.4 Å². The molecule has 1 aromatic carbocycles. The third kappa shape index (κ3) is 3.98. The second kappa shape index (κ2) is 8.24. The summed E-state index contributed by atoms with van der Waals surface area (Å²) in [5.74, 6) is 0.210. The molecule has 1 aliphatic heterocycles. The predicted octanol–water partition coefficient (Wildman–Crippen LogP) is 1.58. The maximum atomic E-state index is 13.4. The van der Waals surface area contributed by atoms with E-state index in [0.29, 0.717) is 12.2 Å². The number of aliphatic hydroxyl groups excluding tert-OH is 1. The van der Waals surface area contributed by atoms with E-state index < -0.39 is 6.10 Å². The quantitative estimate of drug-likeness (QED) is 0.797. The second-order valence-corrected chi connectivity index (χ2v) is 7.64. The number of fused-ring (bicyclic) bond motifs is 1. The minimum Gasteiger partial charge on any atom is -0.496 e. The Morgan fingerprint density at radius 3 is 2.86 bits per heavy atom. The largest absolute Gasteiger partial charge is 0.496 e. The van der Waals surface area contributed by atoms with Crippen LogP contribution in [-0.2, 0) is 13.1 Å². The number of nitrogens with zero attached hydrogens (tertiary/aromatic N) is 3. The maximum Gasteiger partial charge on any atom is 0.274 e. The second-order valence-electron chi connectivity index (χ2n) is 7.64. The van der Waals surface area contributed by atoms with Gasteiger partial charge in [0.05, 0.1) is 19.8 Å². The van der Waals surface area contributed by atoms with Crippen LogP contribution in [0.1, 0.15) is 52.2 Å². The standard InChI is InChI=1S/C21H26N4O4/c1-29-19-9-5-2-6-14(19)12-24(15-7-3-4-8-15)21(28)17-10-18-20(27)22-11-16(26)13-25(18)23-17/h2,5-6,9-10,15-16,26H,3-4,7-8,11-13H2,1H3,(H,22,27)/t16-/m1/s1. The van der Waals surface area contributed by atoms with Crippen LogP contribution < -0.4 is 10.1 Å². The summed E-state index contributed by atoms with van der Waals surface area (Å²) in [4.78, 5) is 27.6. The van der Waals surface area contributed by atoms with Crippen molar-refractivity contribution in [3.63, 3.8) is 0 Å². The summed E-state index contributed by atoms with van der Waals surface area (Å²) in [6.45, 7) is 0.773. The Kier molecular flexibility index (Phi) is 5.53. The van der Waals surface area contributed by atoms with Crippen molar-refractivity contribution in [1.29, 1.82) is 0 Å². The Balaban J connectivity index is 1.64. The molecule has 4 rings (SSSR count). The fraction of sp³-hybridized carbons (Fsp3) is 0.476. The maximum absolute atomic E-state index is 13.4. The van der Waals surface area contributed by atoms with E-state index in [1.807, 2.05) is 29.2 Å². The van der Waals surface area contributed by atoms with E-state index in [1.165, 1.54) is 10.7 Å². The lowest BCUT2D eigenvalue weighted by atomic mass is 10.1. The predicted molar refractivity (Wildman–Crippen MR) is 106 cm³/mol. The lowest BCUT2D eigenvalue weighted by molar-refractivity contribution is 0.0654. The molecule has 2 aliphatic rings. The van der Waals surface area contributed by atoms with Crippen LogP contribution in [0.25, 0.3) is 0 Å². The Bertz CT molecular complexity index is 904. The highest BCUT2D eigenvalue weighted by atomic mass is 16.5. The summed E-state index contributed by atoms with van der Waals surface area (Å²) in [6, 6.07) is 9.34. The average Bonchev–Trinajstić information content (AvgIpc) is 3.38. The minimum atomic E-state index is -0.734. The summed E-state index contributed by atoms with van der Waals surface area (Å²) in [7, 11) is 1.62. The lowest BCUT2D eigenvalue weighted by Crippen LogP contribution is -2.38. The van der Waals surface area contributed by atoms with Crippen LogP contribution in [0, 0.1) is 0 Å². The Morgan fingerprint density at radius 1 is 1.34 bits per heavy atom. The first-order valence-electron chi connectivity index (χ1n) is 10.0. The number of carbonyl (C=O) groups excluding carboxylic acids is 2. The average molecular weight is 398 g/mol. The number of benzene rings is 1. The topological polar surface area (TPSA) is 96.7 Å². The van der Waals surface area contributed by atoms with E-state index in [0.717, 1.165) is 37.0 Å². The molecule has 1 fully saturated rings. The lowest BCUT2D eigenvalue weighted by Gasteiger charge is -2.29. The van der Waals surface area contributed by atoms with Crippen molar-refractivity contribution in [2.24, 2.45) is 0 Å². The number of β-amino-alcohol motifs (C(OH)–C–C–N with tert-alkyl or cyclic N) is 1. The van der Waals surface area contributed by atoms with Crippen LogP contribution in [0.3, 0.4) is 0 Å². The molecular weight excluding hydrogens is 372 g/mol. The molecule has 8 heteroatoms. The number of aliphatic hydroxyl groups is 1. The highest BCUT2D eigenvalue weighted by molar-refractivity contribution is 5.98.